The zero-order valence-corrected chi connectivity index (χ0v) is 20.8. The van der Waals surface area contributed by atoms with E-state index in [-0.39, 0.29) is 5.91 Å². The van der Waals surface area contributed by atoms with Crippen molar-refractivity contribution in [3.05, 3.63) is 99.9 Å². The molecule has 0 aliphatic carbocycles. The van der Waals surface area contributed by atoms with Gasteiger partial charge in [0, 0.05) is 22.2 Å². The maximum atomic E-state index is 13.7. The van der Waals surface area contributed by atoms with Crippen LogP contribution in [0.2, 0.25) is 0 Å². The number of anilines is 1. The average Bonchev–Trinajstić information content (AvgIpc) is 3.47. The number of nitrogens with one attached hydrogen (secondary N) is 1. The summed E-state index contributed by atoms with van der Waals surface area (Å²) in [6.45, 7) is 1.71. The summed E-state index contributed by atoms with van der Waals surface area (Å²) in [7, 11) is 2.08. The first kappa shape index (κ1) is 22.0. The number of fused-ring (bicyclic) bond motifs is 2. The monoisotopic (exact) mass is 497 g/mol. The fourth-order valence-corrected chi connectivity index (χ4v) is 6.66. The van der Waals surface area contributed by atoms with Crippen LogP contribution in [-0.2, 0) is 17.9 Å². The van der Waals surface area contributed by atoms with Crippen molar-refractivity contribution < 1.29 is 4.79 Å². The minimum atomic E-state index is 0.0261. The molecule has 0 spiro atoms. The molecule has 0 saturated carbocycles. The quantitative estimate of drug-likeness (QED) is 0.369. The predicted molar refractivity (Wildman–Crippen MR) is 144 cm³/mol. The van der Waals surface area contributed by atoms with Crippen LogP contribution >= 0.6 is 23.5 Å². The van der Waals surface area contributed by atoms with Crippen molar-refractivity contribution in [1.82, 2.24) is 15.1 Å². The number of thioether (sulfide) groups is 2. The molecular weight excluding hydrogens is 474 g/mol. The fourth-order valence-electron chi connectivity index (χ4n) is 4.29. The van der Waals surface area contributed by atoms with E-state index in [2.05, 4.69) is 52.5 Å². The van der Waals surface area contributed by atoms with Crippen LogP contribution in [0.1, 0.15) is 11.1 Å². The van der Waals surface area contributed by atoms with Gasteiger partial charge in [-0.25, -0.2) is 0 Å². The zero-order valence-electron chi connectivity index (χ0n) is 19.1. The van der Waals surface area contributed by atoms with Gasteiger partial charge in [-0.2, -0.15) is 5.10 Å². The second kappa shape index (κ2) is 9.28. The van der Waals surface area contributed by atoms with Crippen LogP contribution in [-0.4, -0.2) is 39.8 Å². The third-order valence-corrected chi connectivity index (χ3v) is 8.52. The highest BCUT2D eigenvalue weighted by Gasteiger charge is 2.37. The van der Waals surface area contributed by atoms with Gasteiger partial charge in [0.2, 0.25) is 0 Å². The first-order valence-corrected chi connectivity index (χ1v) is 13.0. The average molecular weight is 498 g/mol. The molecule has 0 bridgehead atoms. The fraction of sp³-hybridized carbons (Fsp3) is 0.148. The number of benzene rings is 3. The van der Waals surface area contributed by atoms with Gasteiger partial charge in [-0.3, -0.25) is 19.8 Å². The lowest BCUT2D eigenvalue weighted by atomic mass is 10.1. The van der Waals surface area contributed by atoms with Crippen molar-refractivity contribution in [2.24, 2.45) is 4.99 Å². The number of hydrogen-bond donors (Lipinski definition) is 1. The lowest BCUT2D eigenvalue weighted by molar-refractivity contribution is -0.122. The molecule has 6 rings (SSSR count). The lowest BCUT2D eigenvalue weighted by Crippen LogP contribution is -2.30. The van der Waals surface area contributed by atoms with Gasteiger partial charge in [0.1, 0.15) is 0 Å². The molecule has 2 aliphatic heterocycles. The summed E-state index contributed by atoms with van der Waals surface area (Å²) < 4.78 is 0. The summed E-state index contributed by atoms with van der Waals surface area (Å²) >= 11 is 3.19. The topological polar surface area (TPSA) is 64.6 Å². The van der Waals surface area contributed by atoms with Gasteiger partial charge in [0.25, 0.3) is 5.91 Å². The van der Waals surface area contributed by atoms with Crippen LogP contribution < -0.4 is 4.90 Å². The van der Waals surface area contributed by atoms with Crippen molar-refractivity contribution in [3.8, 4) is 0 Å². The number of carbonyl (C=O) groups is 1. The minimum absolute atomic E-state index is 0.0261. The Morgan fingerprint density at radius 1 is 1.00 bits per heavy atom. The number of para-hydroxylation sites is 1. The highest BCUT2D eigenvalue weighted by Crippen LogP contribution is 2.46. The predicted octanol–water partition coefficient (Wildman–Crippen LogP) is 5.65. The Morgan fingerprint density at radius 3 is 2.71 bits per heavy atom. The van der Waals surface area contributed by atoms with Crippen LogP contribution in [0.25, 0.3) is 10.9 Å². The molecule has 1 fully saturated rings. The number of rotatable bonds is 4. The van der Waals surface area contributed by atoms with E-state index in [9.17, 15) is 4.79 Å². The van der Waals surface area contributed by atoms with E-state index in [1.54, 1.807) is 11.8 Å². The Bertz CT molecular complexity index is 1480. The Hall–Kier alpha value is -3.49. The number of likely N-dealkylation sites (N-methyl/N-ethyl adjacent to an activating group) is 1. The SMILES string of the molecule is CN1C/C(=C2/SC(=NCc3ccc4[nH]ncc4c3)N(Cc3ccccc3)C2=O)Sc2ccccc21. The van der Waals surface area contributed by atoms with Crippen molar-refractivity contribution in [2.45, 2.75) is 18.0 Å². The van der Waals surface area contributed by atoms with Crippen molar-refractivity contribution >= 4 is 51.2 Å². The van der Waals surface area contributed by atoms with Crippen LogP contribution in [0.3, 0.4) is 0 Å². The van der Waals surface area contributed by atoms with Crippen molar-refractivity contribution in [1.29, 1.82) is 0 Å². The van der Waals surface area contributed by atoms with Crippen molar-refractivity contribution in [3.63, 3.8) is 0 Å². The van der Waals surface area contributed by atoms with Gasteiger partial charge < -0.3 is 4.90 Å². The zero-order chi connectivity index (χ0) is 23.8. The largest absolute Gasteiger partial charge is 0.369 e. The molecule has 0 radical (unpaired) electrons. The third-order valence-electron chi connectivity index (χ3n) is 6.09. The molecule has 0 atom stereocenters. The molecule has 3 heterocycles. The van der Waals surface area contributed by atoms with Gasteiger partial charge >= 0.3 is 0 Å². The maximum Gasteiger partial charge on any atom is 0.267 e. The summed E-state index contributed by atoms with van der Waals surface area (Å²) in [5.74, 6) is 0.0261. The Morgan fingerprint density at radius 2 is 1.83 bits per heavy atom. The number of H-pyrrole nitrogens is 1. The van der Waals surface area contributed by atoms with Crippen LogP contribution in [0.5, 0.6) is 0 Å². The minimum Gasteiger partial charge on any atom is -0.369 e. The Kier molecular flexibility index (Phi) is 5.83. The van der Waals surface area contributed by atoms with Crippen molar-refractivity contribution in [2.75, 3.05) is 18.5 Å². The van der Waals surface area contributed by atoms with Gasteiger partial charge in [0.05, 0.1) is 41.9 Å². The van der Waals surface area contributed by atoms with Gasteiger partial charge in [-0.15, -0.1) is 0 Å². The molecule has 3 aromatic carbocycles. The summed E-state index contributed by atoms with van der Waals surface area (Å²) in [5.41, 5.74) is 4.37. The molecule has 35 heavy (non-hydrogen) atoms. The molecule has 2 aliphatic rings. The molecule has 174 valence electrons. The van der Waals surface area contributed by atoms with E-state index >= 15 is 0 Å². The second-order valence-electron chi connectivity index (χ2n) is 8.55. The van der Waals surface area contributed by atoms with Gasteiger partial charge in [-0.1, -0.05) is 60.3 Å². The lowest BCUT2D eigenvalue weighted by Gasteiger charge is -2.29. The highest BCUT2D eigenvalue weighted by atomic mass is 32.2. The van der Waals surface area contributed by atoms with Crippen LogP contribution in [0.15, 0.2) is 98.7 Å². The maximum absolute atomic E-state index is 13.7. The number of hydrogen-bond acceptors (Lipinski definition) is 6. The first-order valence-electron chi connectivity index (χ1n) is 11.4. The number of aromatic nitrogens is 2. The van der Waals surface area contributed by atoms with Crippen LogP contribution in [0.4, 0.5) is 5.69 Å². The second-order valence-corrected chi connectivity index (χ2v) is 10.7. The first-order chi connectivity index (χ1) is 17.2. The summed E-state index contributed by atoms with van der Waals surface area (Å²) in [4.78, 5) is 25.7. The Balaban J connectivity index is 1.34. The number of carbonyl (C=O) groups excluding carboxylic acids is 1. The summed E-state index contributed by atoms with van der Waals surface area (Å²) in [5, 5.41) is 8.89. The number of amidine groups is 1. The molecule has 0 unspecified atom stereocenters. The number of aromatic amines is 1. The highest BCUT2D eigenvalue weighted by molar-refractivity contribution is 8.19. The van der Waals surface area contributed by atoms with Gasteiger partial charge in [-0.05, 0) is 47.2 Å². The van der Waals surface area contributed by atoms with E-state index in [4.69, 9.17) is 4.99 Å². The van der Waals surface area contributed by atoms with E-state index in [1.165, 1.54) is 22.3 Å². The normalized spacial score (nSPS) is 19.1. The van der Waals surface area contributed by atoms with E-state index < -0.39 is 0 Å². The molecule has 6 nitrogen and oxygen atoms in total. The summed E-state index contributed by atoms with van der Waals surface area (Å²) in [6, 6.07) is 24.6. The van der Waals surface area contributed by atoms with Crippen LogP contribution in [0, 0.1) is 0 Å². The molecule has 8 heteroatoms. The van der Waals surface area contributed by atoms with E-state index in [0.717, 1.165) is 37.0 Å². The molecule has 1 N–H and O–H groups in total. The number of aliphatic imine (C=N–C) groups is 1. The summed E-state index contributed by atoms with van der Waals surface area (Å²) in [6.07, 6.45) is 1.82. The number of nitrogens with zero attached hydrogens (tertiary/aromatic N) is 4. The standard InChI is InChI=1S/C27H23N5OS2/c1-31-17-24(34-23-10-6-5-9-22(23)31)25-26(33)32(16-18-7-3-2-4-8-18)27(35-25)28-14-19-11-12-21-20(13-19)15-29-30-21/h2-13,15H,14,16-17H2,1H3,(H,29,30)/b25-24-,28-27?. The third kappa shape index (κ3) is 4.35. The molecule has 1 aromatic heterocycles. The number of amides is 1. The van der Waals surface area contributed by atoms with Gasteiger partial charge in [0.15, 0.2) is 5.17 Å². The smallest absolute Gasteiger partial charge is 0.267 e. The molecular formula is C27H23N5OS2. The molecule has 4 aromatic rings. The van der Waals surface area contributed by atoms with E-state index in [0.29, 0.717) is 19.6 Å². The Labute approximate surface area is 212 Å². The van der Waals surface area contributed by atoms with E-state index in [1.807, 2.05) is 53.6 Å². The molecule has 1 amide bonds. The molecule has 1 saturated heterocycles.